The van der Waals surface area contributed by atoms with Crippen molar-refractivity contribution in [3.63, 3.8) is 0 Å². The van der Waals surface area contributed by atoms with E-state index in [2.05, 4.69) is 20.9 Å². The summed E-state index contributed by atoms with van der Waals surface area (Å²) in [4.78, 5) is 32.5. The maximum absolute atomic E-state index is 13.6. The summed E-state index contributed by atoms with van der Waals surface area (Å²) in [6.07, 6.45) is 1.80. The SMILES string of the molecule is CCOC(=O)C1=C(C)N=c2sc(=Cc3cc(OCC)c(OC)cc3Br)c(=O)n2C1c1cccs1. The van der Waals surface area contributed by atoms with Gasteiger partial charge in [0.25, 0.3) is 5.56 Å². The Hall–Kier alpha value is -2.69. The van der Waals surface area contributed by atoms with Crippen LogP contribution in [0.2, 0.25) is 0 Å². The predicted octanol–water partition coefficient (Wildman–Crippen LogP) is 4.03. The molecular formula is C24H23BrN2O5S2. The number of rotatable bonds is 7. The Bertz CT molecular complexity index is 1440. The Morgan fingerprint density at radius 3 is 2.71 bits per heavy atom. The number of carbonyl (C=O) groups excluding carboxylic acids is 1. The van der Waals surface area contributed by atoms with E-state index in [9.17, 15) is 9.59 Å². The summed E-state index contributed by atoms with van der Waals surface area (Å²) in [7, 11) is 1.58. The van der Waals surface area contributed by atoms with Gasteiger partial charge in [-0.3, -0.25) is 9.36 Å². The lowest BCUT2D eigenvalue weighted by molar-refractivity contribution is -0.139. The average Bonchev–Trinajstić information content (AvgIpc) is 3.44. The maximum Gasteiger partial charge on any atom is 0.338 e. The summed E-state index contributed by atoms with van der Waals surface area (Å²) in [5.41, 5.74) is 1.47. The second-order valence-corrected chi connectivity index (χ2v) is 10.1. The van der Waals surface area contributed by atoms with Crippen molar-refractivity contribution in [2.45, 2.75) is 26.8 Å². The number of ether oxygens (including phenoxy) is 3. The first kappa shape index (κ1) is 24.4. The first-order valence-electron chi connectivity index (χ1n) is 10.6. The van der Waals surface area contributed by atoms with Crippen LogP contribution in [0.1, 0.15) is 37.3 Å². The molecule has 178 valence electrons. The molecule has 4 rings (SSSR count). The Kier molecular flexibility index (Phi) is 7.39. The van der Waals surface area contributed by atoms with Crippen molar-refractivity contribution < 1.29 is 19.0 Å². The molecule has 0 spiro atoms. The minimum atomic E-state index is -0.587. The number of thiophene rings is 1. The van der Waals surface area contributed by atoms with Crippen LogP contribution in [0.4, 0.5) is 0 Å². The summed E-state index contributed by atoms with van der Waals surface area (Å²) >= 11 is 6.33. The number of methoxy groups -OCH3 is 1. The minimum Gasteiger partial charge on any atom is -0.493 e. The van der Waals surface area contributed by atoms with Crippen molar-refractivity contribution in [1.82, 2.24) is 4.57 Å². The van der Waals surface area contributed by atoms with Gasteiger partial charge in [-0.2, -0.15) is 0 Å². The van der Waals surface area contributed by atoms with Gasteiger partial charge in [0.05, 0.1) is 36.1 Å². The van der Waals surface area contributed by atoms with Gasteiger partial charge in [-0.1, -0.05) is 33.3 Å². The first-order chi connectivity index (χ1) is 16.4. The van der Waals surface area contributed by atoms with Gasteiger partial charge < -0.3 is 14.2 Å². The van der Waals surface area contributed by atoms with E-state index in [1.54, 1.807) is 31.6 Å². The van der Waals surface area contributed by atoms with Crippen LogP contribution in [0.3, 0.4) is 0 Å². The topological polar surface area (TPSA) is 79.1 Å². The van der Waals surface area contributed by atoms with Crippen LogP contribution in [0, 0.1) is 0 Å². The summed E-state index contributed by atoms with van der Waals surface area (Å²) in [6, 6.07) is 6.87. The molecule has 34 heavy (non-hydrogen) atoms. The van der Waals surface area contributed by atoms with Crippen molar-refractivity contribution in [2.24, 2.45) is 4.99 Å². The number of nitrogens with zero attached hydrogens (tertiary/aromatic N) is 2. The summed E-state index contributed by atoms with van der Waals surface area (Å²) in [6.45, 7) is 6.15. The molecule has 1 aliphatic heterocycles. The third-order valence-corrected chi connectivity index (χ3v) is 7.79. The number of allylic oxidation sites excluding steroid dienone is 1. The molecule has 0 amide bonds. The lowest BCUT2D eigenvalue weighted by Gasteiger charge is -2.23. The van der Waals surface area contributed by atoms with Gasteiger partial charge in [-0.15, -0.1) is 11.3 Å². The van der Waals surface area contributed by atoms with Crippen LogP contribution in [0.25, 0.3) is 6.08 Å². The van der Waals surface area contributed by atoms with Crippen molar-refractivity contribution in [3.05, 3.63) is 75.5 Å². The molecule has 2 aromatic heterocycles. The highest BCUT2D eigenvalue weighted by Gasteiger charge is 2.33. The van der Waals surface area contributed by atoms with Crippen molar-refractivity contribution in [2.75, 3.05) is 20.3 Å². The molecule has 7 nitrogen and oxygen atoms in total. The molecule has 1 unspecified atom stereocenters. The average molecular weight is 563 g/mol. The van der Waals surface area contributed by atoms with E-state index >= 15 is 0 Å². The highest BCUT2D eigenvalue weighted by Crippen LogP contribution is 2.35. The number of carbonyl (C=O) groups is 1. The third-order valence-electron chi connectivity index (χ3n) is 5.20. The molecule has 0 fully saturated rings. The van der Waals surface area contributed by atoms with Crippen molar-refractivity contribution in [1.29, 1.82) is 0 Å². The van der Waals surface area contributed by atoms with Crippen molar-refractivity contribution in [3.8, 4) is 11.5 Å². The third kappa shape index (κ3) is 4.49. The van der Waals surface area contributed by atoms with E-state index in [4.69, 9.17) is 14.2 Å². The molecule has 0 radical (unpaired) electrons. The second kappa shape index (κ2) is 10.3. The molecule has 10 heteroatoms. The standard InChI is InChI=1S/C24H23BrN2O5S2/c1-5-31-17-10-14(15(25)12-16(17)30-4)11-19-22(28)27-21(18-8-7-9-33-18)20(23(29)32-6-2)13(3)26-24(27)34-19/h7-12,21H,5-6H2,1-4H3. The molecule has 0 aliphatic carbocycles. The van der Waals surface area contributed by atoms with Crippen LogP contribution in [-0.2, 0) is 9.53 Å². The van der Waals surface area contributed by atoms with Crippen LogP contribution >= 0.6 is 38.6 Å². The fourth-order valence-electron chi connectivity index (χ4n) is 3.74. The number of halogens is 1. The molecule has 0 bridgehead atoms. The summed E-state index contributed by atoms with van der Waals surface area (Å²) in [5, 5.41) is 1.92. The molecule has 1 atom stereocenters. The number of hydrogen-bond acceptors (Lipinski definition) is 8. The van der Waals surface area contributed by atoms with Gasteiger partial charge in [0, 0.05) is 9.35 Å². The fourth-order valence-corrected chi connectivity index (χ4v) is 6.04. The number of aromatic nitrogens is 1. The Labute approximate surface area is 212 Å². The van der Waals surface area contributed by atoms with E-state index < -0.39 is 12.0 Å². The van der Waals surface area contributed by atoms with E-state index in [0.29, 0.717) is 38.7 Å². The molecule has 0 N–H and O–H groups in total. The van der Waals surface area contributed by atoms with Crippen LogP contribution in [-0.4, -0.2) is 30.9 Å². The van der Waals surface area contributed by atoms with Gasteiger partial charge >= 0.3 is 5.97 Å². The van der Waals surface area contributed by atoms with Gasteiger partial charge in [0.1, 0.15) is 6.04 Å². The number of benzene rings is 1. The zero-order chi connectivity index (χ0) is 24.4. The quantitative estimate of drug-likeness (QED) is 0.406. The number of fused-ring (bicyclic) bond motifs is 1. The maximum atomic E-state index is 13.6. The molecule has 1 aliphatic rings. The minimum absolute atomic E-state index is 0.225. The predicted molar refractivity (Wildman–Crippen MR) is 137 cm³/mol. The van der Waals surface area contributed by atoms with Gasteiger partial charge in [0.2, 0.25) is 0 Å². The summed E-state index contributed by atoms with van der Waals surface area (Å²) in [5.74, 6) is 0.722. The summed E-state index contributed by atoms with van der Waals surface area (Å²) < 4.78 is 19.2. The van der Waals surface area contributed by atoms with E-state index in [0.717, 1.165) is 14.9 Å². The lowest BCUT2D eigenvalue weighted by atomic mass is 10.0. The largest absolute Gasteiger partial charge is 0.493 e. The smallest absolute Gasteiger partial charge is 0.338 e. The zero-order valence-corrected chi connectivity index (χ0v) is 22.3. The number of thiazole rings is 1. The number of esters is 1. The molecule has 0 saturated carbocycles. The van der Waals surface area contributed by atoms with E-state index in [1.165, 1.54) is 22.7 Å². The zero-order valence-electron chi connectivity index (χ0n) is 19.1. The Morgan fingerprint density at radius 2 is 2.06 bits per heavy atom. The van der Waals surface area contributed by atoms with Gasteiger partial charge in [0.15, 0.2) is 16.3 Å². The van der Waals surface area contributed by atoms with Crippen LogP contribution < -0.4 is 24.4 Å². The monoisotopic (exact) mass is 562 g/mol. The van der Waals surface area contributed by atoms with E-state index in [-0.39, 0.29) is 12.2 Å². The fraction of sp³-hybridized carbons (Fsp3) is 0.292. The van der Waals surface area contributed by atoms with Gasteiger partial charge in [-0.25, -0.2) is 9.79 Å². The molecule has 0 saturated heterocycles. The highest BCUT2D eigenvalue weighted by molar-refractivity contribution is 9.10. The Morgan fingerprint density at radius 1 is 1.26 bits per heavy atom. The molecule has 3 aromatic rings. The van der Waals surface area contributed by atoms with Gasteiger partial charge in [-0.05, 0) is 56.0 Å². The van der Waals surface area contributed by atoms with Crippen LogP contribution in [0.5, 0.6) is 11.5 Å². The highest BCUT2D eigenvalue weighted by atomic mass is 79.9. The van der Waals surface area contributed by atoms with E-state index in [1.807, 2.05) is 36.6 Å². The first-order valence-corrected chi connectivity index (χ1v) is 13.1. The molecule has 1 aromatic carbocycles. The lowest BCUT2D eigenvalue weighted by Crippen LogP contribution is -2.39. The normalized spacial score (nSPS) is 15.7. The van der Waals surface area contributed by atoms with Crippen LogP contribution in [0.15, 0.2) is 55.2 Å². The Balaban J connectivity index is 1.92. The second-order valence-electron chi connectivity index (χ2n) is 7.28. The molecular weight excluding hydrogens is 540 g/mol. The molecule has 3 heterocycles. The van der Waals surface area contributed by atoms with Crippen molar-refractivity contribution >= 4 is 50.6 Å². The number of hydrogen-bond donors (Lipinski definition) is 0.